The Morgan fingerprint density at radius 3 is 1.56 bits per heavy atom. The molecule has 0 aromatic heterocycles. The van der Waals surface area contributed by atoms with E-state index in [2.05, 4.69) is 12.2 Å². The van der Waals surface area contributed by atoms with Gasteiger partial charge in [0, 0.05) is 13.7 Å². The van der Waals surface area contributed by atoms with Crippen LogP contribution >= 0.6 is 0 Å². The van der Waals surface area contributed by atoms with Crippen molar-refractivity contribution >= 4 is 6.09 Å². The fraction of sp³-hybridized carbons (Fsp3) is 0.957. The van der Waals surface area contributed by atoms with Gasteiger partial charge < -0.3 is 14.8 Å². The predicted octanol–water partition coefficient (Wildman–Crippen LogP) is 7.01. The fourth-order valence-corrected chi connectivity index (χ4v) is 3.28. The summed E-state index contributed by atoms with van der Waals surface area (Å²) in [7, 11) is 1.56. The van der Waals surface area contributed by atoms with E-state index in [-0.39, 0.29) is 6.10 Å². The van der Waals surface area contributed by atoms with Gasteiger partial charge in [-0.15, -0.1) is 0 Å². The molecule has 0 spiro atoms. The average molecular weight is 386 g/mol. The second-order valence-corrected chi connectivity index (χ2v) is 7.84. The highest BCUT2D eigenvalue weighted by Crippen LogP contribution is 2.13. The van der Waals surface area contributed by atoms with Gasteiger partial charge in [0.25, 0.3) is 0 Å². The lowest BCUT2D eigenvalue weighted by Gasteiger charge is -2.12. The SMILES string of the molecule is CCCCCCCCCCCCCCCCCCOCC(C)OC(=O)NC. The quantitative estimate of drug-likeness (QED) is 0.229. The van der Waals surface area contributed by atoms with Crippen LogP contribution in [0.2, 0.25) is 0 Å². The second kappa shape index (κ2) is 21.5. The standard InChI is InChI=1S/C23H47NO3/c1-4-5-6-7-8-9-10-11-12-13-14-15-16-17-18-19-20-26-21-22(2)27-23(25)24-3/h22H,4-21H2,1-3H3,(H,24,25). The molecule has 0 radical (unpaired) electrons. The monoisotopic (exact) mass is 385 g/mol. The maximum absolute atomic E-state index is 11.0. The molecule has 0 aliphatic heterocycles. The smallest absolute Gasteiger partial charge is 0.407 e. The predicted molar refractivity (Wildman–Crippen MR) is 115 cm³/mol. The number of carbonyl (C=O) groups excluding carboxylic acids is 1. The van der Waals surface area contributed by atoms with Crippen LogP contribution in [0.1, 0.15) is 117 Å². The Hall–Kier alpha value is -0.770. The normalized spacial score (nSPS) is 12.1. The molecule has 0 saturated heterocycles. The number of nitrogens with one attached hydrogen (secondary N) is 1. The topological polar surface area (TPSA) is 47.6 Å². The molecular formula is C23H47NO3. The van der Waals surface area contributed by atoms with Gasteiger partial charge >= 0.3 is 6.09 Å². The first-order chi connectivity index (χ1) is 13.2. The lowest BCUT2D eigenvalue weighted by atomic mass is 10.0. The Kier molecular flexibility index (Phi) is 20.9. The van der Waals surface area contributed by atoms with Crippen molar-refractivity contribution in [1.29, 1.82) is 0 Å². The van der Waals surface area contributed by atoms with Gasteiger partial charge in [-0.1, -0.05) is 103 Å². The molecule has 0 saturated carbocycles. The zero-order chi connectivity index (χ0) is 20.0. The number of amides is 1. The molecule has 1 unspecified atom stereocenters. The van der Waals surface area contributed by atoms with Crippen molar-refractivity contribution in [2.75, 3.05) is 20.3 Å². The molecule has 0 aromatic carbocycles. The van der Waals surface area contributed by atoms with E-state index >= 15 is 0 Å². The lowest BCUT2D eigenvalue weighted by molar-refractivity contribution is 0.0280. The molecule has 1 atom stereocenters. The summed E-state index contributed by atoms with van der Waals surface area (Å²) in [5.41, 5.74) is 0. The van der Waals surface area contributed by atoms with Crippen molar-refractivity contribution in [1.82, 2.24) is 5.32 Å². The van der Waals surface area contributed by atoms with Gasteiger partial charge in [0.2, 0.25) is 0 Å². The maximum Gasteiger partial charge on any atom is 0.407 e. The van der Waals surface area contributed by atoms with Crippen LogP contribution in [0.3, 0.4) is 0 Å². The molecule has 0 rings (SSSR count). The van der Waals surface area contributed by atoms with Crippen molar-refractivity contribution in [3.8, 4) is 0 Å². The summed E-state index contributed by atoms with van der Waals surface area (Å²) in [5, 5.41) is 2.44. The van der Waals surface area contributed by atoms with Crippen molar-refractivity contribution < 1.29 is 14.3 Å². The van der Waals surface area contributed by atoms with E-state index in [1.165, 1.54) is 96.3 Å². The molecule has 0 bridgehead atoms. The van der Waals surface area contributed by atoms with E-state index in [4.69, 9.17) is 9.47 Å². The number of rotatable bonds is 20. The Balaban J connectivity index is 3.10. The molecule has 4 nitrogen and oxygen atoms in total. The third-order valence-corrected chi connectivity index (χ3v) is 5.01. The van der Waals surface area contributed by atoms with Crippen molar-refractivity contribution in [2.45, 2.75) is 123 Å². The summed E-state index contributed by atoms with van der Waals surface area (Å²) in [5.74, 6) is 0. The molecule has 162 valence electrons. The molecule has 0 fully saturated rings. The van der Waals surface area contributed by atoms with Gasteiger partial charge in [-0.2, -0.15) is 0 Å². The zero-order valence-corrected chi connectivity index (χ0v) is 18.5. The Labute approximate surface area is 169 Å². The first-order valence-corrected chi connectivity index (χ1v) is 11.7. The zero-order valence-electron chi connectivity index (χ0n) is 18.5. The highest BCUT2D eigenvalue weighted by Gasteiger charge is 2.06. The summed E-state index contributed by atoms with van der Waals surface area (Å²) in [6.45, 7) is 5.37. The van der Waals surface area contributed by atoms with Crippen molar-refractivity contribution in [2.24, 2.45) is 0 Å². The van der Waals surface area contributed by atoms with Crippen LogP contribution < -0.4 is 5.32 Å². The van der Waals surface area contributed by atoms with Gasteiger partial charge in [-0.3, -0.25) is 0 Å². The van der Waals surface area contributed by atoms with Gasteiger partial charge in [-0.25, -0.2) is 4.79 Å². The highest BCUT2D eigenvalue weighted by molar-refractivity contribution is 5.66. The average Bonchev–Trinajstić information content (AvgIpc) is 2.66. The van der Waals surface area contributed by atoms with E-state index in [0.29, 0.717) is 6.61 Å². The van der Waals surface area contributed by atoms with E-state index < -0.39 is 6.09 Å². The van der Waals surface area contributed by atoms with Crippen LogP contribution in [0.5, 0.6) is 0 Å². The third kappa shape index (κ3) is 21.4. The number of carbonyl (C=O) groups is 1. The summed E-state index contributed by atoms with van der Waals surface area (Å²) < 4.78 is 10.6. The largest absolute Gasteiger partial charge is 0.444 e. The van der Waals surface area contributed by atoms with E-state index in [1.54, 1.807) is 7.05 Å². The number of alkyl carbamates (subject to hydrolysis) is 1. The summed E-state index contributed by atoms with van der Waals surface area (Å²) in [4.78, 5) is 11.0. The number of ether oxygens (including phenoxy) is 2. The summed E-state index contributed by atoms with van der Waals surface area (Å²) in [6, 6.07) is 0. The van der Waals surface area contributed by atoms with Gasteiger partial charge in [0.15, 0.2) is 0 Å². The summed E-state index contributed by atoms with van der Waals surface area (Å²) >= 11 is 0. The third-order valence-electron chi connectivity index (χ3n) is 5.01. The lowest BCUT2D eigenvalue weighted by Crippen LogP contribution is -2.27. The molecular weight excluding hydrogens is 338 g/mol. The Morgan fingerprint density at radius 1 is 0.741 bits per heavy atom. The Morgan fingerprint density at radius 2 is 1.15 bits per heavy atom. The molecule has 1 N–H and O–H groups in total. The number of unbranched alkanes of at least 4 members (excludes halogenated alkanes) is 15. The van der Waals surface area contributed by atoms with Crippen LogP contribution in [0.15, 0.2) is 0 Å². The van der Waals surface area contributed by atoms with Crippen LogP contribution in [0.4, 0.5) is 4.79 Å². The van der Waals surface area contributed by atoms with E-state index in [0.717, 1.165) is 13.0 Å². The minimum atomic E-state index is -0.395. The first kappa shape index (κ1) is 26.2. The van der Waals surface area contributed by atoms with Gasteiger partial charge in [0.05, 0.1) is 6.61 Å². The molecule has 0 aliphatic rings. The Bertz CT molecular complexity index is 310. The van der Waals surface area contributed by atoms with Crippen molar-refractivity contribution in [3.63, 3.8) is 0 Å². The van der Waals surface area contributed by atoms with Crippen LogP contribution in [0, 0.1) is 0 Å². The fourth-order valence-electron chi connectivity index (χ4n) is 3.28. The minimum absolute atomic E-state index is 0.189. The van der Waals surface area contributed by atoms with Gasteiger partial charge in [0.1, 0.15) is 6.10 Å². The number of hydrogen-bond acceptors (Lipinski definition) is 3. The maximum atomic E-state index is 11.0. The van der Waals surface area contributed by atoms with Crippen LogP contribution in [-0.4, -0.2) is 32.5 Å². The molecule has 4 heteroatoms. The van der Waals surface area contributed by atoms with E-state index in [1.807, 2.05) is 6.92 Å². The molecule has 0 aromatic rings. The minimum Gasteiger partial charge on any atom is -0.444 e. The molecule has 27 heavy (non-hydrogen) atoms. The first-order valence-electron chi connectivity index (χ1n) is 11.7. The second-order valence-electron chi connectivity index (χ2n) is 7.84. The molecule has 1 amide bonds. The number of hydrogen-bond donors (Lipinski definition) is 1. The summed E-state index contributed by atoms with van der Waals surface area (Å²) in [6.07, 6.45) is 21.5. The van der Waals surface area contributed by atoms with E-state index in [9.17, 15) is 4.79 Å². The molecule has 0 heterocycles. The van der Waals surface area contributed by atoms with Crippen LogP contribution in [0.25, 0.3) is 0 Å². The van der Waals surface area contributed by atoms with Gasteiger partial charge in [-0.05, 0) is 13.3 Å². The van der Waals surface area contributed by atoms with Crippen molar-refractivity contribution in [3.05, 3.63) is 0 Å². The van der Waals surface area contributed by atoms with Crippen LogP contribution in [-0.2, 0) is 9.47 Å². The highest BCUT2D eigenvalue weighted by atomic mass is 16.6. The molecule has 0 aliphatic carbocycles.